The van der Waals surface area contributed by atoms with E-state index in [1.807, 2.05) is 12.1 Å². The van der Waals surface area contributed by atoms with Crippen molar-refractivity contribution in [1.29, 1.82) is 0 Å². The maximum atomic E-state index is 12.0. The number of morpholine rings is 1. The van der Waals surface area contributed by atoms with E-state index < -0.39 is 0 Å². The Kier molecular flexibility index (Phi) is 7.71. The molecular weight excluding hydrogens is 360 g/mol. The SMILES string of the molecule is O=C(CCC(=O)c1ccc(Br)cc1)NCCCN1CCOCC1. The second kappa shape index (κ2) is 9.80. The number of ether oxygens (including phenoxy) is 1. The molecule has 1 aliphatic heterocycles. The van der Waals surface area contributed by atoms with Crippen LogP contribution in [0.4, 0.5) is 0 Å². The van der Waals surface area contributed by atoms with Gasteiger partial charge in [-0.3, -0.25) is 14.5 Å². The third kappa shape index (κ3) is 6.81. The Morgan fingerprint density at radius 1 is 1.13 bits per heavy atom. The molecule has 1 heterocycles. The van der Waals surface area contributed by atoms with E-state index in [0.29, 0.717) is 12.1 Å². The quantitative estimate of drug-likeness (QED) is 0.553. The van der Waals surface area contributed by atoms with Gasteiger partial charge in [0, 0.05) is 42.5 Å². The lowest BCUT2D eigenvalue weighted by Gasteiger charge is -2.26. The molecule has 0 radical (unpaired) electrons. The number of nitrogens with zero attached hydrogens (tertiary/aromatic N) is 1. The number of amides is 1. The van der Waals surface area contributed by atoms with Crippen molar-refractivity contribution in [3.8, 4) is 0 Å². The highest BCUT2D eigenvalue weighted by Gasteiger charge is 2.11. The molecule has 2 rings (SSSR count). The van der Waals surface area contributed by atoms with E-state index in [4.69, 9.17) is 4.74 Å². The van der Waals surface area contributed by atoms with E-state index >= 15 is 0 Å². The molecule has 0 bridgehead atoms. The molecule has 1 aromatic carbocycles. The summed E-state index contributed by atoms with van der Waals surface area (Å²) in [5, 5.41) is 2.88. The van der Waals surface area contributed by atoms with Gasteiger partial charge in [-0.2, -0.15) is 0 Å². The maximum Gasteiger partial charge on any atom is 0.220 e. The van der Waals surface area contributed by atoms with Gasteiger partial charge in [0.2, 0.25) is 5.91 Å². The number of halogens is 1. The van der Waals surface area contributed by atoms with Crippen LogP contribution < -0.4 is 5.32 Å². The van der Waals surface area contributed by atoms with Gasteiger partial charge in [0.1, 0.15) is 0 Å². The third-order valence-electron chi connectivity index (χ3n) is 3.82. The Bertz CT molecular complexity index is 513. The van der Waals surface area contributed by atoms with Crippen molar-refractivity contribution >= 4 is 27.6 Å². The molecule has 0 spiro atoms. The summed E-state index contributed by atoms with van der Waals surface area (Å²) in [7, 11) is 0. The van der Waals surface area contributed by atoms with Crippen LogP contribution in [0.5, 0.6) is 0 Å². The van der Waals surface area contributed by atoms with Crippen LogP contribution in [0.25, 0.3) is 0 Å². The summed E-state index contributed by atoms with van der Waals surface area (Å²) < 4.78 is 6.23. The zero-order chi connectivity index (χ0) is 16.5. The first-order valence-corrected chi connectivity index (χ1v) is 8.80. The minimum Gasteiger partial charge on any atom is -0.379 e. The fraction of sp³-hybridized carbons (Fsp3) is 0.529. The highest BCUT2D eigenvalue weighted by atomic mass is 79.9. The monoisotopic (exact) mass is 382 g/mol. The largest absolute Gasteiger partial charge is 0.379 e. The van der Waals surface area contributed by atoms with Gasteiger partial charge in [-0.15, -0.1) is 0 Å². The minimum atomic E-state index is -0.0579. The standard InChI is InChI=1S/C17H23BrN2O3/c18-15-4-2-14(3-5-15)16(21)6-7-17(22)19-8-1-9-20-10-12-23-13-11-20/h2-5H,1,6-13H2,(H,19,22). The smallest absolute Gasteiger partial charge is 0.220 e. The highest BCUT2D eigenvalue weighted by Crippen LogP contribution is 2.12. The summed E-state index contributed by atoms with van der Waals surface area (Å²) in [6.45, 7) is 5.16. The molecule has 5 nitrogen and oxygen atoms in total. The van der Waals surface area contributed by atoms with Crippen LogP contribution in [0.3, 0.4) is 0 Å². The summed E-state index contributed by atoms with van der Waals surface area (Å²) in [6, 6.07) is 7.21. The zero-order valence-electron chi connectivity index (χ0n) is 13.2. The molecule has 6 heteroatoms. The summed E-state index contributed by atoms with van der Waals surface area (Å²) >= 11 is 3.33. The molecule has 0 aromatic heterocycles. The van der Waals surface area contributed by atoms with Crippen molar-refractivity contribution in [2.45, 2.75) is 19.3 Å². The first kappa shape index (κ1) is 18.1. The summed E-state index contributed by atoms with van der Waals surface area (Å²) in [6.07, 6.45) is 1.41. The maximum absolute atomic E-state index is 12.0. The Morgan fingerprint density at radius 2 is 1.83 bits per heavy atom. The Hall–Kier alpha value is -1.24. The number of nitrogens with one attached hydrogen (secondary N) is 1. The number of carbonyl (C=O) groups excluding carboxylic acids is 2. The van der Waals surface area contributed by atoms with Gasteiger partial charge in [0.05, 0.1) is 13.2 Å². The molecule has 1 aromatic rings. The number of rotatable bonds is 8. The highest BCUT2D eigenvalue weighted by molar-refractivity contribution is 9.10. The van der Waals surface area contributed by atoms with Crippen LogP contribution in [0.2, 0.25) is 0 Å². The van der Waals surface area contributed by atoms with E-state index in [-0.39, 0.29) is 24.5 Å². The van der Waals surface area contributed by atoms with Gasteiger partial charge in [0.25, 0.3) is 0 Å². The van der Waals surface area contributed by atoms with Gasteiger partial charge in [-0.25, -0.2) is 0 Å². The van der Waals surface area contributed by atoms with E-state index in [2.05, 4.69) is 26.1 Å². The molecule has 1 fully saturated rings. The number of carbonyl (C=O) groups is 2. The lowest BCUT2D eigenvalue weighted by Crippen LogP contribution is -2.38. The second-order valence-electron chi connectivity index (χ2n) is 5.59. The summed E-state index contributed by atoms with van der Waals surface area (Å²) in [4.78, 5) is 26.1. The molecule has 1 N–H and O–H groups in total. The number of hydrogen-bond donors (Lipinski definition) is 1. The van der Waals surface area contributed by atoms with E-state index in [9.17, 15) is 9.59 Å². The normalized spacial score (nSPS) is 15.3. The van der Waals surface area contributed by atoms with Crippen molar-refractivity contribution in [2.75, 3.05) is 39.4 Å². The first-order valence-electron chi connectivity index (χ1n) is 8.01. The minimum absolute atomic E-state index is 0.000895. The molecule has 0 aliphatic carbocycles. The van der Waals surface area contributed by atoms with Crippen LogP contribution in [0.15, 0.2) is 28.7 Å². The molecule has 0 saturated carbocycles. The predicted molar refractivity (Wildman–Crippen MR) is 92.6 cm³/mol. The van der Waals surface area contributed by atoms with Crippen LogP contribution in [-0.4, -0.2) is 56.0 Å². The Balaban J connectivity index is 1.57. The van der Waals surface area contributed by atoms with Gasteiger partial charge in [-0.05, 0) is 25.1 Å². The number of Topliss-reactive ketones (excluding diaryl/α,β-unsaturated/α-hetero) is 1. The third-order valence-corrected chi connectivity index (χ3v) is 4.35. The Labute approximate surface area is 145 Å². The molecule has 0 unspecified atom stereocenters. The predicted octanol–water partition coefficient (Wildman–Crippen LogP) is 2.25. The van der Waals surface area contributed by atoms with E-state index in [0.717, 1.165) is 43.7 Å². The second-order valence-corrected chi connectivity index (χ2v) is 6.50. The fourth-order valence-corrected chi connectivity index (χ4v) is 2.72. The van der Waals surface area contributed by atoms with Crippen LogP contribution in [0, 0.1) is 0 Å². The Morgan fingerprint density at radius 3 is 2.52 bits per heavy atom. The molecule has 1 saturated heterocycles. The molecule has 23 heavy (non-hydrogen) atoms. The topological polar surface area (TPSA) is 58.6 Å². The zero-order valence-corrected chi connectivity index (χ0v) is 14.8. The molecule has 1 amide bonds. The van der Waals surface area contributed by atoms with Gasteiger partial charge in [-0.1, -0.05) is 28.1 Å². The number of ketones is 1. The van der Waals surface area contributed by atoms with Crippen molar-refractivity contribution in [1.82, 2.24) is 10.2 Å². The van der Waals surface area contributed by atoms with Gasteiger partial charge >= 0.3 is 0 Å². The van der Waals surface area contributed by atoms with Gasteiger partial charge < -0.3 is 10.1 Å². The van der Waals surface area contributed by atoms with E-state index in [1.54, 1.807) is 12.1 Å². The van der Waals surface area contributed by atoms with Crippen molar-refractivity contribution in [3.63, 3.8) is 0 Å². The van der Waals surface area contributed by atoms with Crippen molar-refractivity contribution < 1.29 is 14.3 Å². The van der Waals surface area contributed by atoms with Crippen LogP contribution in [-0.2, 0) is 9.53 Å². The van der Waals surface area contributed by atoms with Crippen molar-refractivity contribution in [2.24, 2.45) is 0 Å². The summed E-state index contributed by atoms with van der Waals surface area (Å²) in [5.74, 6) is -0.0570. The molecule has 1 aliphatic rings. The van der Waals surface area contributed by atoms with Crippen molar-refractivity contribution in [3.05, 3.63) is 34.3 Å². The summed E-state index contributed by atoms with van der Waals surface area (Å²) in [5.41, 5.74) is 0.647. The molecule has 126 valence electrons. The molecular formula is C17H23BrN2O3. The lowest BCUT2D eigenvalue weighted by molar-refractivity contribution is -0.121. The number of hydrogen-bond acceptors (Lipinski definition) is 4. The van der Waals surface area contributed by atoms with Gasteiger partial charge in [0.15, 0.2) is 5.78 Å². The fourth-order valence-electron chi connectivity index (χ4n) is 2.45. The van der Waals surface area contributed by atoms with Crippen LogP contribution in [0.1, 0.15) is 29.6 Å². The average molecular weight is 383 g/mol. The lowest BCUT2D eigenvalue weighted by atomic mass is 10.1. The van der Waals surface area contributed by atoms with Crippen LogP contribution >= 0.6 is 15.9 Å². The first-order chi connectivity index (χ1) is 11.1. The molecule has 0 atom stereocenters. The average Bonchev–Trinajstić information content (AvgIpc) is 2.58. The number of benzene rings is 1. The van der Waals surface area contributed by atoms with E-state index in [1.165, 1.54) is 0 Å².